The third kappa shape index (κ3) is 3.00. The highest BCUT2D eigenvalue weighted by atomic mass is 35.5. The van der Waals surface area contributed by atoms with Crippen LogP contribution in [0.3, 0.4) is 0 Å². The van der Waals surface area contributed by atoms with Crippen LogP contribution in [0.5, 0.6) is 0 Å². The summed E-state index contributed by atoms with van der Waals surface area (Å²) in [5.41, 5.74) is 0.559. The van der Waals surface area contributed by atoms with Gasteiger partial charge in [-0.3, -0.25) is 4.79 Å². The number of carbonyl (C=O) groups excluding carboxylic acids is 1. The Morgan fingerprint density at radius 3 is 2.62 bits per heavy atom. The van der Waals surface area contributed by atoms with Crippen LogP contribution >= 0.6 is 23.4 Å². The van der Waals surface area contributed by atoms with Crippen molar-refractivity contribution in [3.05, 3.63) is 29.3 Å². The third-order valence-electron chi connectivity index (χ3n) is 2.07. The fraction of sp³-hybridized carbons (Fsp3) is 0.273. The van der Waals surface area contributed by atoms with Crippen molar-refractivity contribution < 1.29 is 14.7 Å². The highest BCUT2D eigenvalue weighted by Crippen LogP contribution is 2.22. The Kier molecular flexibility index (Phi) is 4.83. The molecule has 0 unspecified atom stereocenters. The summed E-state index contributed by atoms with van der Waals surface area (Å²) in [6.45, 7) is 0. The van der Waals surface area contributed by atoms with Crippen molar-refractivity contribution in [3.8, 4) is 0 Å². The van der Waals surface area contributed by atoms with Gasteiger partial charge in [0.2, 0.25) is 0 Å². The highest BCUT2D eigenvalue weighted by Gasteiger charge is 2.13. The smallest absolute Gasteiger partial charge is 0.336 e. The van der Waals surface area contributed by atoms with E-state index in [-0.39, 0.29) is 23.6 Å². The van der Waals surface area contributed by atoms with E-state index >= 15 is 0 Å². The molecule has 0 bridgehead atoms. The summed E-state index contributed by atoms with van der Waals surface area (Å²) in [6.07, 6.45) is 2.02. The summed E-state index contributed by atoms with van der Waals surface area (Å²) >= 11 is 6.81. The minimum atomic E-state index is -1.02. The van der Waals surface area contributed by atoms with Crippen LogP contribution in [-0.4, -0.2) is 29.0 Å². The molecule has 5 heteroatoms. The van der Waals surface area contributed by atoms with Crippen LogP contribution in [-0.2, 0) is 0 Å². The molecule has 1 aromatic rings. The number of halogens is 1. The van der Waals surface area contributed by atoms with Crippen LogP contribution in [0.2, 0.25) is 0 Å². The molecule has 0 saturated heterocycles. The van der Waals surface area contributed by atoms with Crippen LogP contribution in [0.15, 0.2) is 23.1 Å². The summed E-state index contributed by atoms with van der Waals surface area (Å²) < 4.78 is 0. The van der Waals surface area contributed by atoms with Gasteiger partial charge in [-0.1, -0.05) is 6.07 Å². The van der Waals surface area contributed by atoms with Crippen LogP contribution in [0.4, 0.5) is 0 Å². The van der Waals surface area contributed by atoms with Gasteiger partial charge in [-0.2, -0.15) is 0 Å². The number of hydrogen-bond acceptors (Lipinski definition) is 3. The quantitative estimate of drug-likeness (QED) is 0.501. The number of alkyl halides is 1. The van der Waals surface area contributed by atoms with E-state index in [9.17, 15) is 9.59 Å². The van der Waals surface area contributed by atoms with Crippen molar-refractivity contribution in [2.45, 2.75) is 11.3 Å². The number of hydrogen-bond donors (Lipinski definition) is 1. The minimum Gasteiger partial charge on any atom is -0.478 e. The average molecular weight is 259 g/mol. The molecule has 16 heavy (non-hydrogen) atoms. The minimum absolute atomic E-state index is 0.134. The monoisotopic (exact) mass is 258 g/mol. The zero-order valence-corrected chi connectivity index (χ0v) is 10.3. The number of thioether (sulfide) groups is 1. The largest absolute Gasteiger partial charge is 0.478 e. The molecule has 3 nitrogen and oxygen atoms in total. The van der Waals surface area contributed by atoms with Gasteiger partial charge in [-0.05, 0) is 18.4 Å². The maximum atomic E-state index is 11.5. The van der Waals surface area contributed by atoms with Crippen LogP contribution < -0.4 is 0 Å². The number of ketones is 1. The first-order valence-electron chi connectivity index (χ1n) is 4.60. The number of carbonyl (C=O) groups is 2. The number of Topliss-reactive ketones (excluding diaryl/α,β-unsaturated/α-hetero) is 1. The van der Waals surface area contributed by atoms with Gasteiger partial charge in [0.1, 0.15) is 0 Å². The maximum absolute atomic E-state index is 11.5. The number of benzene rings is 1. The first-order valence-corrected chi connectivity index (χ1v) is 6.36. The first-order chi connectivity index (χ1) is 7.60. The fourth-order valence-corrected chi connectivity index (χ4v) is 2.02. The molecule has 1 aromatic carbocycles. The van der Waals surface area contributed by atoms with Gasteiger partial charge in [0, 0.05) is 22.8 Å². The van der Waals surface area contributed by atoms with Crippen LogP contribution in [0.25, 0.3) is 0 Å². The van der Waals surface area contributed by atoms with Crippen molar-refractivity contribution in [1.82, 2.24) is 0 Å². The summed E-state index contributed by atoms with van der Waals surface area (Å²) in [7, 11) is 0. The van der Waals surface area contributed by atoms with Crippen LogP contribution in [0.1, 0.15) is 27.1 Å². The standard InChI is InChI=1S/C11H11ClO3S/c1-16-10-3-2-7(9(13)4-5-12)6-8(10)11(14)15/h2-3,6H,4-5H2,1H3,(H,14,15). The normalized spacial score (nSPS) is 10.1. The lowest BCUT2D eigenvalue weighted by Crippen LogP contribution is -2.05. The van der Waals surface area contributed by atoms with Gasteiger partial charge < -0.3 is 5.11 Å². The molecule has 0 fully saturated rings. The zero-order chi connectivity index (χ0) is 12.1. The maximum Gasteiger partial charge on any atom is 0.336 e. The van der Waals surface area contributed by atoms with Crippen molar-refractivity contribution in [2.24, 2.45) is 0 Å². The van der Waals surface area contributed by atoms with E-state index in [1.807, 2.05) is 0 Å². The van der Waals surface area contributed by atoms with E-state index in [4.69, 9.17) is 16.7 Å². The molecule has 0 aliphatic rings. The van der Waals surface area contributed by atoms with E-state index in [1.165, 1.54) is 17.8 Å². The van der Waals surface area contributed by atoms with Gasteiger partial charge in [0.15, 0.2) is 5.78 Å². The summed E-state index contributed by atoms with van der Waals surface area (Å²) in [6, 6.07) is 4.69. The highest BCUT2D eigenvalue weighted by molar-refractivity contribution is 7.98. The number of rotatable bonds is 5. The molecule has 0 aliphatic heterocycles. The number of carboxylic acid groups (broad SMARTS) is 1. The Bertz CT molecular complexity index is 418. The first kappa shape index (κ1) is 13.1. The van der Waals surface area contributed by atoms with Gasteiger partial charge in [0.05, 0.1) is 5.56 Å². The molecule has 0 saturated carbocycles. The SMILES string of the molecule is CSc1ccc(C(=O)CCCl)cc1C(=O)O. The predicted molar refractivity (Wildman–Crippen MR) is 64.8 cm³/mol. The predicted octanol–water partition coefficient (Wildman–Crippen LogP) is 2.92. The van der Waals surface area contributed by atoms with Crippen LogP contribution in [0, 0.1) is 0 Å². The molecule has 0 amide bonds. The second kappa shape index (κ2) is 5.92. The molecule has 0 aromatic heterocycles. The Balaban J connectivity index is 3.11. The average Bonchev–Trinajstić information content (AvgIpc) is 2.28. The van der Waals surface area contributed by atoms with Gasteiger partial charge in [-0.25, -0.2) is 4.79 Å². The Morgan fingerprint density at radius 2 is 2.12 bits per heavy atom. The summed E-state index contributed by atoms with van der Waals surface area (Å²) in [5, 5.41) is 8.98. The summed E-state index contributed by atoms with van der Waals surface area (Å²) in [4.78, 5) is 23.1. The molecule has 86 valence electrons. The van der Waals surface area contributed by atoms with E-state index < -0.39 is 5.97 Å². The van der Waals surface area contributed by atoms with Crippen molar-refractivity contribution in [1.29, 1.82) is 0 Å². The molecule has 0 atom stereocenters. The van der Waals surface area contributed by atoms with E-state index in [0.29, 0.717) is 10.5 Å². The fourth-order valence-electron chi connectivity index (χ4n) is 1.28. The lowest BCUT2D eigenvalue weighted by Gasteiger charge is -2.05. The van der Waals surface area contributed by atoms with E-state index in [2.05, 4.69) is 0 Å². The second-order valence-corrected chi connectivity index (χ2v) is 4.31. The number of aromatic carboxylic acids is 1. The molecule has 1 rings (SSSR count). The molecule has 0 radical (unpaired) electrons. The molecule has 1 N–H and O–H groups in total. The van der Waals surface area contributed by atoms with E-state index in [1.54, 1.807) is 18.4 Å². The Morgan fingerprint density at radius 1 is 1.44 bits per heavy atom. The Hall–Kier alpha value is -1.00. The lowest BCUT2D eigenvalue weighted by atomic mass is 10.1. The summed E-state index contributed by atoms with van der Waals surface area (Å²) in [5.74, 6) is -0.916. The third-order valence-corrected chi connectivity index (χ3v) is 3.06. The van der Waals surface area contributed by atoms with Gasteiger partial charge >= 0.3 is 5.97 Å². The van der Waals surface area contributed by atoms with Gasteiger partial charge in [-0.15, -0.1) is 23.4 Å². The van der Waals surface area contributed by atoms with E-state index in [0.717, 1.165) is 0 Å². The topological polar surface area (TPSA) is 54.4 Å². The van der Waals surface area contributed by atoms with Crippen molar-refractivity contribution in [2.75, 3.05) is 12.1 Å². The second-order valence-electron chi connectivity index (χ2n) is 3.08. The molecule has 0 aliphatic carbocycles. The van der Waals surface area contributed by atoms with Crippen molar-refractivity contribution >= 4 is 35.1 Å². The Labute approximate surface area is 103 Å². The molecular formula is C11H11ClO3S. The molecule has 0 spiro atoms. The molecular weight excluding hydrogens is 248 g/mol. The van der Waals surface area contributed by atoms with Crippen molar-refractivity contribution in [3.63, 3.8) is 0 Å². The molecule has 0 heterocycles. The zero-order valence-electron chi connectivity index (χ0n) is 8.70. The van der Waals surface area contributed by atoms with Gasteiger partial charge in [0.25, 0.3) is 0 Å². The number of carboxylic acids is 1. The lowest BCUT2D eigenvalue weighted by molar-refractivity contribution is 0.0693.